The number of hydrogen-bond acceptors (Lipinski definition) is 1. The van der Waals surface area contributed by atoms with Gasteiger partial charge in [-0.2, -0.15) is 0 Å². The van der Waals surface area contributed by atoms with Crippen molar-refractivity contribution in [3.63, 3.8) is 0 Å². The third-order valence-electron chi connectivity index (χ3n) is 1.92. The molecule has 0 aliphatic rings. The van der Waals surface area contributed by atoms with Crippen molar-refractivity contribution < 1.29 is 0 Å². The van der Waals surface area contributed by atoms with E-state index >= 15 is 0 Å². The van der Waals surface area contributed by atoms with Crippen LogP contribution in [0.4, 0.5) is 0 Å². The van der Waals surface area contributed by atoms with Crippen molar-refractivity contribution in [3.8, 4) is 0 Å². The lowest BCUT2D eigenvalue weighted by Crippen LogP contribution is -2.24. The van der Waals surface area contributed by atoms with Crippen LogP contribution in [0.2, 0.25) is 0 Å². The SMILES string of the molecule is CC(C)CC(N)Cc1ccc[nH]1. The molecule has 0 saturated heterocycles. The molecule has 1 heterocycles. The van der Waals surface area contributed by atoms with E-state index < -0.39 is 0 Å². The van der Waals surface area contributed by atoms with Gasteiger partial charge < -0.3 is 10.7 Å². The van der Waals surface area contributed by atoms with Gasteiger partial charge in [0.15, 0.2) is 0 Å². The Morgan fingerprint density at radius 1 is 1.50 bits per heavy atom. The van der Waals surface area contributed by atoms with Crippen molar-refractivity contribution in [1.29, 1.82) is 0 Å². The lowest BCUT2D eigenvalue weighted by Gasteiger charge is -2.12. The summed E-state index contributed by atoms with van der Waals surface area (Å²) < 4.78 is 0. The smallest absolute Gasteiger partial charge is 0.0162 e. The van der Waals surface area contributed by atoms with Gasteiger partial charge in [-0.1, -0.05) is 13.8 Å². The second-order valence-electron chi connectivity index (χ2n) is 3.79. The van der Waals surface area contributed by atoms with Crippen LogP contribution in [0.15, 0.2) is 18.3 Å². The van der Waals surface area contributed by atoms with E-state index in [4.69, 9.17) is 5.73 Å². The molecule has 68 valence electrons. The van der Waals surface area contributed by atoms with Crippen LogP contribution >= 0.6 is 0 Å². The van der Waals surface area contributed by atoms with E-state index in [0.29, 0.717) is 12.0 Å². The lowest BCUT2D eigenvalue weighted by molar-refractivity contribution is 0.491. The minimum atomic E-state index is 0.295. The van der Waals surface area contributed by atoms with Crippen LogP contribution in [0, 0.1) is 5.92 Å². The van der Waals surface area contributed by atoms with Crippen molar-refractivity contribution in [2.24, 2.45) is 11.7 Å². The number of rotatable bonds is 4. The zero-order chi connectivity index (χ0) is 8.97. The van der Waals surface area contributed by atoms with Crippen LogP contribution in [-0.2, 0) is 6.42 Å². The molecule has 1 aromatic heterocycles. The molecule has 1 aromatic rings. The van der Waals surface area contributed by atoms with Gasteiger partial charge in [-0.05, 0) is 24.5 Å². The maximum atomic E-state index is 5.95. The zero-order valence-corrected chi connectivity index (χ0v) is 7.88. The molecule has 0 spiro atoms. The van der Waals surface area contributed by atoms with E-state index in [2.05, 4.69) is 24.9 Å². The number of nitrogens with two attached hydrogens (primary N) is 1. The van der Waals surface area contributed by atoms with E-state index in [1.807, 2.05) is 12.3 Å². The Labute approximate surface area is 74.2 Å². The van der Waals surface area contributed by atoms with Gasteiger partial charge in [0.25, 0.3) is 0 Å². The molecule has 1 unspecified atom stereocenters. The quantitative estimate of drug-likeness (QED) is 0.705. The normalized spacial score (nSPS) is 13.7. The average molecular weight is 166 g/mol. The molecule has 2 nitrogen and oxygen atoms in total. The molecule has 0 fully saturated rings. The lowest BCUT2D eigenvalue weighted by atomic mass is 10.0. The molecule has 12 heavy (non-hydrogen) atoms. The number of hydrogen-bond donors (Lipinski definition) is 2. The van der Waals surface area contributed by atoms with E-state index in [1.165, 1.54) is 5.69 Å². The van der Waals surface area contributed by atoms with Crippen LogP contribution in [0.5, 0.6) is 0 Å². The maximum absolute atomic E-state index is 5.95. The van der Waals surface area contributed by atoms with Gasteiger partial charge in [-0.3, -0.25) is 0 Å². The summed E-state index contributed by atoms with van der Waals surface area (Å²) in [6.45, 7) is 4.41. The highest BCUT2D eigenvalue weighted by Crippen LogP contribution is 2.07. The molecular weight excluding hydrogens is 148 g/mol. The summed E-state index contributed by atoms with van der Waals surface area (Å²) in [4.78, 5) is 3.16. The van der Waals surface area contributed by atoms with Crippen LogP contribution in [-0.4, -0.2) is 11.0 Å². The second kappa shape index (κ2) is 4.31. The number of nitrogens with one attached hydrogen (secondary N) is 1. The summed E-state index contributed by atoms with van der Waals surface area (Å²) in [5.41, 5.74) is 7.18. The van der Waals surface area contributed by atoms with Crippen LogP contribution in [0.3, 0.4) is 0 Å². The summed E-state index contributed by atoms with van der Waals surface area (Å²) in [5.74, 6) is 0.690. The molecular formula is C10H18N2. The fraction of sp³-hybridized carbons (Fsp3) is 0.600. The number of aromatic amines is 1. The van der Waals surface area contributed by atoms with Gasteiger partial charge in [-0.15, -0.1) is 0 Å². The molecule has 0 bridgehead atoms. The van der Waals surface area contributed by atoms with Crippen molar-refractivity contribution in [2.45, 2.75) is 32.7 Å². The highest BCUT2D eigenvalue weighted by atomic mass is 14.7. The summed E-state index contributed by atoms with van der Waals surface area (Å²) in [6, 6.07) is 4.39. The van der Waals surface area contributed by atoms with Crippen molar-refractivity contribution in [2.75, 3.05) is 0 Å². The largest absolute Gasteiger partial charge is 0.365 e. The molecule has 0 radical (unpaired) electrons. The second-order valence-corrected chi connectivity index (χ2v) is 3.79. The molecule has 0 amide bonds. The number of aromatic nitrogens is 1. The van der Waals surface area contributed by atoms with Gasteiger partial charge in [0.2, 0.25) is 0 Å². The van der Waals surface area contributed by atoms with Crippen LogP contribution < -0.4 is 5.73 Å². The minimum absolute atomic E-state index is 0.295. The fourth-order valence-corrected chi connectivity index (χ4v) is 1.47. The highest BCUT2D eigenvalue weighted by molar-refractivity contribution is 5.05. The van der Waals surface area contributed by atoms with Crippen molar-refractivity contribution >= 4 is 0 Å². The first-order chi connectivity index (χ1) is 5.68. The van der Waals surface area contributed by atoms with Crippen LogP contribution in [0.25, 0.3) is 0 Å². The first-order valence-corrected chi connectivity index (χ1v) is 4.56. The van der Waals surface area contributed by atoms with Crippen molar-refractivity contribution in [3.05, 3.63) is 24.0 Å². The van der Waals surface area contributed by atoms with Gasteiger partial charge in [-0.25, -0.2) is 0 Å². The van der Waals surface area contributed by atoms with Crippen LogP contribution in [0.1, 0.15) is 26.0 Å². The summed E-state index contributed by atoms with van der Waals surface area (Å²) >= 11 is 0. The van der Waals surface area contributed by atoms with E-state index in [1.54, 1.807) is 0 Å². The molecule has 0 aliphatic heterocycles. The summed E-state index contributed by atoms with van der Waals surface area (Å²) in [6.07, 6.45) is 4.00. The van der Waals surface area contributed by atoms with Gasteiger partial charge in [0.05, 0.1) is 0 Å². The molecule has 2 heteroatoms. The zero-order valence-electron chi connectivity index (χ0n) is 7.88. The topological polar surface area (TPSA) is 41.8 Å². The first-order valence-electron chi connectivity index (χ1n) is 4.56. The van der Waals surface area contributed by atoms with E-state index in [-0.39, 0.29) is 0 Å². The Balaban J connectivity index is 2.32. The van der Waals surface area contributed by atoms with Gasteiger partial charge >= 0.3 is 0 Å². The standard InChI is InChI=1S/C10H18N2/c1-8(2)6-9(11)7-10-4-3-5-12-10/h3-5,8-9,12H,6-7,11H2,1-2H3. The monoisotopic (exact) mass is 166 g/mol. The Kier molecular flexibility index (Phi) is 3.35. The highest BCUT2D eigenvalue weighted by Gasteiger charge is 2.06. The summed E-state index contributed by atoms with van der Waals surface area (Å²) in [7, 11) is 0. The molecule has 0 aromatic carbocycles. The molecule has 1 atom stereocenters. The van der Waals surface area contributed by atoms with Gasteiger partial charge in [0.1, 0.15) is 0 Å². The molecule has 1 rings (SSSR count). The molecule has 3 N–H and O–H groups in total. The molecule has 0 saturated carbocycles. The molecule has 0 aliphatic carbocycles. The Hall–Kier alpha value is -0.760. The predicted octanol–water partition coefficient (Wildman–Crippen LogP) is 1.93. The Morgan fingerprint density at radius 2 is 2.25 bits per heavy atom. The minimum Gasteiger partial charge on any atom is -0.365 e. The Morgan fingerprint density at radius 3 is 2.75 bits per heavy atom. The third-order valence-corrected chi connectivity index (χ3v) is 1.92. The van der Waals surface area contributed by atoms with Gasteiger partial charge in [0, 0.05) is 24.4 Å². The van der Waals surface area contributed by atoms with E-state index in [0.717, 1.165) is 12.8 Å². The first kappa shape index (κ1) is 9.33. The van der Waals surface area contributed by atoms with E-state index in [9.17, 15) is 0 Å². The average Bonchev–Trinajstić information content (AvgIpc) is 2.37. The van der Waals surface area contributed by atoms with Crippen molar-refractivity contribution in [1.82, 2.24) is 4.98 Å². The third kappa shape index (κ3) is 3.09. The Bertz CT molecular complexity index is 202. The maximum Gasteiger partial charge on any atom is 0.0162 e. The summed E-state index contributed by atoms with van der Waals surface area (Å²) in [5, 5.41) is 0. The fourth-order valence-electron chi connectivity index (χ4n) is 1.47. The predicted molar refractivity (Wildman–Crippen MR) is 51.9 cm³/mol. The number of H-pyrrole nitrogens is 1.